The van der Waals surface area contributed by atoms with Crippen LogP contribution in [0.3, 0.4) is 0 Å². The molecule has 3 atom stereocenters. The molecule has 5 heterocycles. The lowest BCUT2D eigenvalue weighted by molar-refractivity contribution is -0.122. The average Bonchev–Trinajstić information content (AvgIpc) is 3.50. The Morgan fingerprint density at radius 3 is 2.97 bits per heavy atom. The molecule has 6 rings (SSSR count). The number of nitrogens with zero attached hydrogens (tertiary/aromatic N) is 3. The van der Waals surface area contributed by atoms with Crippen molar-refractivity contribution < 1.29 is 4.79 Å². The molecule has 0 saturated carbocycles. The minimum absolute atomic E-state index is 0.00342. The van der Waals surface area contributed by atoms with E-state index in [0.717, 1.165) is 65.7 Å². The maximum absolute atomic E-state index is 13.5. The highest BCUT2D eigenvalue weighted by Gasteiger charge is 2.48. The number of allylic oxidation sites excluding steroid dienone is 4. The minimum Gasteiger partial charge on any atom is -0.369 e. The molecular weight excluding hydrogens is 440 g/mol. The van der Waals surface area contributed by atoms with Crippen molar-refractivity contribution in [1.29, 1.82) is 0 Å². The average molecular weight is 471 g/mol. The largest absolute Gasteiger partial charge is 0.369 e. The number of aromatic nitrogens is 1. The van der Waals surface area contributed by atoms with Crippen molar-refractivity contribution >= 4 is 33.0 Å². The molecule has 1 N–H and O–H groups in total. The first-order valence-electron chi connectivity index (χ1n) is 12.1. The number of thiazole rings is 1. The third-order valence-corrected chi connectivity index (χ3v) is 8.83. The summed E-state index contributed by atoms with van der Waals surface area (Å²) in [6.45, 7) is 12.3. The highest BCUT2D eigenvalue weighted by molar-refractivity contribution is 7.18. The van der Waals surface area contributed by atoms with Crippen LogP contribution in [0.4, 0.5) is 0 Å². The molecule has 0 radical (unpaired) electrons. The van der Waals surface area contributed by atoms with Crippen LogP contribution in [0.15, 0.2) is 72.8 Å². The summed E-state index contributed by atoms with van der Waals surface area (Å²) in [4.78, 5) is 22.4. The number of rotatable bonds is 3. The lowest BCUT2D eigenvalue weighted by Gasteiger charge is -2.31. The molecule has 174 valence electrons. The third-order valence-electron chi connectivity index (χ3n) is 7.88. The molecule has 2 fully saturated rings. The fraction of sp³-hybridized carbons (Fsp3) is 0.357. The smallest absolute Gasteiger partial charge is 0.255 e. The van der Waals surface area contributed by atoms with Crippen molar-refractivity contribution in [3.8, 4) is 0 Å². The first-order valence-corrected chi connectivity index (χ1v) is 12.9. The second-order valence-electron chi connectivity index (χ2n) is 10.0. The van der Waals surface area contributed by atoms with Gasteiger partial charge in [0.15, 0.2) is 0 Å². The van der Waals surface area contributed by atoms with Gasteiger partial charge in [-0.3, -0.25) is 9.69 Å². The fourth-order valence-electron chi connectivity index (χ4n) is 5.85. The van der Waals surface area contributed by atoms with Crippen molar-refractivity contribution in [2.45, 2.75) is 20.3 Å². The Labute approximate surface area is 204 Å². The number of fused-ring (bicyclic) bond motifs is 3. The summed E-state index contributed by atoms with van der Waals surface area (Å²) in [6.07, 6.45) is 13.3. The van der Waals surface area contributed by atoms with Crippen LogP contribution in [0, 0.1) is 24.2 Å². The topological polar surface area (TPSA) is 48.5 Å². The molecule has 0 bridgehead atoms. The van der Waals surface area contributed by atoms with Crippen molar-refractivity contribution in [3.05, 3.63) is 83.3 Å². The van der Waals surface area contributed by atoms with Crippen LogP contribution in [-0.4, -0.2) is 46.9 Å². The van der Waals surface area contributed by atoms with Gasteiger partial charge in [0.1, 0.15) is 0 Å². The zero-order valence-corrected chi connectivity index (χ0v) is 20.6. The monoisotopic (exact) mass is 470 g/mol. The summed E-state index contributed by atoms with van der Waals surface area (Å²) in [6, 6.07) is 6.39. The maximum Gasteiger partial charge on any atom is 0.255 e. The number of amides is 1. The van der Waals surface area contributed by atoms with Gasteiger partial charge in [-0.25, -0.2) is 4.98 Å². The molecule has 34 heavy (non-hydrogen) atoms. The highest BCUT2D eigenvalue weighted by atomic mass is 32.1. The maximum atomic E-state index is 13.5. The summed E-state index contributed by atoms with van der Waals surface area (Å²) >= 11 is 1.71. The molecule has 3 unspecified atom stereocenters. The molecule has 2 saturated heterocycles. The van der Waals surface area contributed by atoms with Crippen molar-refractivity contribution in [3.63, 3.8) is 0 Å². The molecule has 1 aromatic carbocycles. The number of aryl methyl sites for hydroxylation is 1. The van der Waals surface area contributed by atoms with Gasteiger partial charge in [-0.15, -0.1) is 17.9 Å². The Bertz CT molecular complexity index is 1310. The third kappa shape index (κ3) is 3.48. The summed E-state index contributed by atoms with van der Waals surface area (Å²) in [5.41, 5.74) is 5.35. The number of hydrogen-bond donors (Lipinski definition) is 1. The number of nitrogens with one attached hydrogen (secondary N) is 1. The highest BCUT2D eigenvalue weighted by Crippen LogP contribution is 2.42. The summed E-state index contributed by atoms with van der Waals surface area (Å²) in [5.74, 6) is 0.812. The van der Waals surface area contributed by atoms with Gasteiger partial charge in [-0.2, -0.15) is 0 Å². The van der Waals surface area contributed by atoms with Crippen molar-refractivity contribution in [2.24, 2.45) is 17.3 Å². The van der Waals surface area contributed by atoms with E-state index in [4.69, 9.17) is 0 Å². The SMILES string of the molecule is C=CC12CNCC1CN(C1=CN3C(=O)C=C(c4ccc5sc(C)nc5c4)C(C)CC=C3C=C1)C2. The molecule has 2 aromatic rings. The Balaban J connectivity index is 1.31. The van der Waals surface area contributed by atoms with Gasteiger partial charge in [0.2, 0.25) is 0 Å². The van der Waals surface area contributed by atoms with Crippen LogP contribution in [0.25, 0.3) is 15.8 Å². The van der Waals surface area contributed by atoms with Crippen LogP contribution in [0.1, 0.15) is 23.9 Å². The number of carbonyl (C=O) groups is 1. The molecule has 4 aliphatic rings. The van der Waals surface area contributed by atoms with E-state index in [1.807, 2.05) is 24.1 Å². The van der Waals surface area contributed by atoms with E-state index < -0.39 is 0 Å². The molecule has 0 spiro atoms. The second kappa shape index (κ2) is 8.07. The van der Waals surface area contributed by atoms with Gasteiger partial charge in [-0.1, -0.05) is 25.1 Å². The predicted octanol–water partition coefficient (Wildman–Crippen LogP) is 4.86. The summed E-state index contributed by atoms with van der Waals surface area (Å²) < 4.78 is 1.19. The summed E-state index contributed by atoms with van der Waals surface area (Å²) in [5, 5.41) is 4.59. The van der Waals surface area contributed by atoms with Gasteiger partial charge in [0.25, 0.3) is 5.91 Å². The van der Waals surface area contributed by atoms with Crippen LogP contribution < -0.4 is 5.32 Å². The quantitative estimate of drug-likeness (QED) is 0.651. The zero-order chi connectivity index (χ0) is 23.4. The molecular formula is C28H30N4OS. The van der Waals surface area contributed by atoms with E-state index in [9.17, 15) is 4.79 Å². The second-order valence-corrected chi connectivity index (χ2v) is 11.3. The zero-order valence-electron chi connectivity index (χ0n) is 19.8. The lowest BCUT2D eigenvalue weighted by atomic mass is 9.81. The molecule has 5 nitrogen and oxygen atoms in total. The van der Waals surface area contributed by atoms with Gasteiger partial charge in [0, 0.05) is 55.5 Å². The molecule has 6 heteroatoms. The Morgan fingerprint density at radius 1 is 1.29 bits per heavy atom. The number of hydrogen-bond acceptors (Lipinski definition) is 5. The predicted molar refractivity (Wildman–Crippen MR) is 139 cm³/mol. The Kier molecular flexibility index (Phi) is 5.12. The van der Waals surface area contributed by atoms with Crippen LogP contribution in [0.2, 0.25) is 0 Å². The first-order chi connectivity index (χ1) is 16.5. The molecule has 0 aliphatic carbocycles. The standard InChI is InChI=1S/C28H30N4OS/c1-4-28-16-29-13-21(28)14-31(17-28)23-9-8-22-7-5-18(2)24(12-27(33)32(22)15-23)20-6-10-26-25(11-20)30-19(3)34-26/h4,6-12,15,18,21,29H,1,5,13-14,16-17H2,2-3H3. The van der Waals surface area contributed by atoms with Crippen LogP contribution >= 0.6 is 11.3 Å². The van der Waals surface area contributed by atoms with Gasteiger partial charge in [-0.05, 0) is 54.7 Å². The van der Waals surface area contributed by atoms with E-state index in [2.05, 4.69) is 71.2 Å². The van der Waals surface area contributed by atoms with E-state index in [1.165, 1.54) is 4.70 Å². The number of likely N-dealkylation sites (tertiary alicyclic amines) is 1. The Morgan fingerprint density at radius 2 is 2.15 bits per heavy atom. The molecule has 1 amide bonds. The van der Waals surface area contributed by atoms with Gasteiger partial charge in [0.05, 0.1) is 20.9 Å². The molecule has 4 aliphatic heterocycles. The van der Waals surface area contributed by atoms with E-state index >= 15 is 0 Å². The van der Waals surface area contributed by atoms with Crippen molar-refractivity contribution in [2.75, 3.05) is 26.2 Å². The first kappa shape index (κ1) is 21.6. The number of benzene rings is 1. The van der Waals surface area contributed by atoms with Crippen LogP contribution in [-0.2, 0) is 4.79 Å². The Hall–Kier alpha value is -2.96. The minimum atomic E-state index is 0.00342. The number of carbonyl (C=O) groups excluding carboxylic acids is 1. The van der Waals surface area contributed by atoms with E-state index in [-0.39, 0.29) is 17.2 Å². The lowest BCUT2D eigenvalue weighted by Crippen LogP contribution is -2.33. The van der Waals surface area contributed by atoms with Crippen molar-refractivity contribution in [1.82, 2.24) is 20.1 Å². The fourth-order valence-corrected chi connectivity index (χ4v) is 6.66. The van der Waals surface area contributed by atoms with Crippen LogP contribution in [0.5, 0.6) is 0 Å². The van der Waals surface area contributed by atoms with Gasteiger partial charge >= 0.3 is 0 Å². The molecule has 1 aromatic heterocycles. The van der Waals surface area contributed by atoms with E-state index in [1.54, 1.807) is 11.3 Å². The summed E-state index contributed by atoms with van der Waals surface area (Å²) in [7, 11) is 0. The van der Waals surface area contributed by atoms with E-state index in [0.29, 0.717) is 5.92 Å². The van der Waals surface area contributed by atoms with Gasteiger partial charge < -0.3 is 10.2 Å². The normalized spacial score (nSPS) is 28.8.